The number of oxime groups is 1. The van der Waals surface area contributed by atoms with E-state index in [0.29, 0.717) is 32.1 Å². The first kappa shape index (κ1) is 23.5. The van der Waals surface area contributed by atoms with E-state index in [1.54, 1.807) is 6.21 Å². The van der Waals surface area contributed by atoms with E-state index in [4.69, 9.17) is 14.3 Å². The van der Waals surface area contributed by atoms with Crippen molar-refractivity contribution < 1.29 is 14.3 Å². The molecule has 0 bridgehead atoms. The summed E-state index contributed by atoms with van der Waals surface area (Å²) in [6, 6.07) is 8.03. The number of hydrogen-bond donors (Lipinski definition) is 1. The number of aliphatic imine (C=N–C) groups is 2. The third-order valence-corrected chi connectivity index (χ3v) is 5.60. The average molecular weight is 462 g/mol. The molecular formula is C26H31N5O3. The lowest BCUT2D eigenvalue weighted by Gasteiger charge is -2.29. The van der Waals surface area contributed by atoms with Gasteiger partial charge in [0.15, 0.2) is 0 Å². The Balaban J connectivity index is 1.43. The van der Waals surface area contributed by atoms with Gasteiger partial charge in [0.1, 0.15) is 0 Å². The molecule has 1 N–H and O–H groups in total. The second kappa shape index (κ2) is 12.0. The van der Waals surface area contributed by atoms with Crippen LogP contribution in [-0.4, -0.2) is 61.1 Å². The van der Waals surface area contributed by atoms with E-state index < -0.39 is 0 Å². The van der Waals surface area contributed by atoms with Crippen LogP contribution in [0.15, 0.2) is 81.6 Å². The van der Waals surface area contributed by atoms with Gasteiger partial charge in [0.05, 0.1) is 26.0 Å². The van der Waals surface area contributed by atoms with Crippen LogP contribution in [0.2, 0.25) is 0 Å². The first-order chi connectivity index (χ1) is 16.7. The fourth-order valence-electron chi connectivity index (χ4n) is 3.76. The van der Waals surface area contributed by atoms with E-state index >= 15 is 0 Å². The summed E-state index contributed by atoms with van der Waals surface area (Å²) in [7, 11) is 0. The number of nitrogens with one attached hydrogen (secondary N) is 1. The van der Waals surface area contributed by atoms with Crippen LogP contribution in [0.4, 0.5) is 0 Å². The van der Waals surface area contributed by atoms with Gasteiger partial charge >= 0.3 is 0 Å². The second-order valence-corrected chi connectivity index (χ2v) is 8.03. The summed E-state index contributed by atoms with van der Waals surface area (Å²) in [5.74, 6) is 0.573. The molecule has 1 aromatic heterocycles. The highest BCUT2D eigenvalue weighted by atomic mass is 16.6. The van der Waals surface area contributed by atoms with Crippen LogP contribution < -0.4 is 0 Å². The fraction of sp³-hybridized carbons (Fsp3) is 0.346. The topological polar surface area (TPSA) is 83.8 Å². The van der Waals surface area contributed by atoms with Gasteiger partial charge in [0, 0.05) is 65.9 Å². The van der Waals surface area contributed by atoms with Crippen molar-refractivity contribution in [2.75, 3.05) is 32.9 Å². The van der Waals surface area contributed by atoms with E-state index in [-0.39, 0.29) is 5.88 Å². The van der Waals surface area contributed by atoms with Crippen LogP contribution >= 0.6 is 0 Å². The molecule has 0 radical (unpaired) electrons. The minimum absolute atomic E-state index is 0.267. The van der Waals surface area contributed by atoms with E-state index in [1.165, 1.54) is 0 Å². The smallest absolute Gasteiger partial charge is 0.253 e. The maximum Gasteiger partial charge on any atom is 0.253 e. The average Bonchev–Trinajstić information content (AvgIpc) is 3.28. The maximum absolute atomic E-state index is 5.72. The molecule has 0 amide bonds. The van der Waals surface area contributed by atoms with Gasteiger partial charge in [-0.2, -0.15) is 4.99 Å². The van der Waals surface area contributed by atoms with Crippen LogP contribution in [-0.2, 0) is 14.3 Å². The van der Waals surface area contributed by atoms with E-state index in [9.17, 15) is 0 Å². The molecule has 2 aliphatic rings. The fourth-order valence-corrected chi connectivity index (χ4v) is 3.76. The van der Waals surface area contributed by atoms with Gasteiger partial charge in [-0.1, -0.05) is 29.4 Å². The standard InChI is InChI=1S/C26H31N5O3/c1-20(31-12-15-32-16-13-31)17-26(30-21(2)33-14-10-23-7-5-6-11-27-23)34-29-19-22-18-28-25-9-4-3-8-24(22)25/h3-4,7-9,11,17-19,28H,2,5-6,10,12-16H2,1H3/b20-17+,29-19+,30-26+. The summed E-state index contributed by atoms with van der Waals surface area (Å²) in [5, 5.41) is 5.25. The highest BCUT2D eigenvalue weighted by Crippen LogP contribution is 2.16. The maximum atomic E-state index is 5.72. The molecule has 0 unspecified atom stereocenters. The molecule has 1 aromatic carbocycles. The minimum Gasteiger partial charge on any atom is -0.478 e. The van der Waals surface area contributed by atoms with Gasteiger partial charge < -0.3 is 24.2 Å². The molecular weight excluding hydrogens is 430 g/mol. The van der Waals surface area contributed by atoms with Gasteiger partial charge in [-0.15, -0.1) is 0 Å². The third-order valence-electron chi connectivity index (χ3n) is 5.60. The number of allylic oxidation sites excluding steroid dienone is 2. The molecule has 178 valence electrons. The van der Waals surface area contributed by atoms with Crippen molar-refractivity contribution in [1.29, 1.82) is 0 Å². The van der Waals surface area contributed by atoms with Crippen molar-refractivity contribution in [2.45, 2.75) is 26.2 Å². The largest absolute Gasteiger partial charge is 0.478 e. The molecule has 0 aliphatic carbocycles. The normalized spacial score (nSPS) is 17.3. The van der Waals surface area contributed by atoms with Crippen molar-refractivity contribution >= 4 is 29.2 Å². The summed E-state index contributed by atoms with van der Waals surface area (Å²) < 4.78 is 11.2. The van der Waals surface area contributed by atoms with Crippen LogP contribution in [0.25, 0.3) is 10.9 Å². The van der Waals surface area contributed by atoms with E-state index in [0.717, 1.165) is 53.8 Å². The van der Waals surface area contributed by atoms with Crippen LogP contribution in [0.5, 0.6) is 0 Å². The Morgan fingerprint density at radius 2 is 2.12 bits per heavy atom. The van der Waals surface area contributed by atoms with Crippen LogP contribution in [0.3, 0.4) is 0 Å². The number of ether oxygens (including phenoxy) is 2. The van der Waals surface area contributed by atoms with Crippen molar-refractivity contribution in [2.24, 2.45) is 15.1 Å². The number of aromatic nitrogens is 1. The van der Waals surface area contributed by atoms with Gasteiger partial charge in [0.2, 0.25) is 5.88 Å². The lowest BCUT2D eigenvalue weighted by atomic mass is 10.2. The Morgan fingerprint density at radius 3 is 2.94 bits per heavy atom. The molecule has 2 aliphatic heterocycles. The lowest BCUT2D eigenvalue weighted by molar-refractivity contribution is 0.0537. The van der Waals surface area contributed by atoms with E-state index in [2.05, 4.69) is 37.7 Å². The SMILES string of the molecule is C=C(/N=C(\C=C(/C)N1CCOCC1)O/N=C/c1c[nH]c2ccccc12)OCCC1=CCCC=N1. The number of aromatic amines is 1. The Morgan fingerprint density at radius 1 is 1.26 bits per heavy atom. The number of morpholine rings is 1. The number of nitrogens with zero attached hydrogens (tertiary/aromatic N) is 4. The summed E-state index contributed by atoms with van der Waals surface area (Å²) >= 11 is 0. The van der Waals surface area contributed by atoms with Crippen LogP contribution in [0, 0.1) is 0 Å². The number of para-hydroxylation sites is 1. The van der Waals surface area contributed by atoms with E-state index in [1.807, 2.05) is 49.7 Å². The zero-order valence-electron chi connectivity index (χ0n) is 19.6. The molecule has 4 rings (SSSR count). The summed E-state index contributed by atoms with van der Waals surface area (Å²) in [6.45, 7) is 9.44. The monoisotopic (exact) mass is 461 g/mol. The Kier molecular flexibility index (Phi) is 8.29. The molecule has 0 saturated carbocycles. The molecule has 1 fully saturated rings. The number of fused-ring (bicyclic) bond motifs is 1. The molecule has 2 aromatic rings. The van der Waals surface area contributed by atoms with Gasteiger partial charge in [-0.05, 0) is 32.4 Å². The summed E-state index contributed by atoms with van der Waals surface area (Å²) in [6.07, 6.45) is 12.2. The number of hydrogen-bond acceptors (Lipinski definition) is 7. The highest BCUT2D eigenvalue weighted by Gasteiger charge is 2.12. The second-order valence-electron chi connectivity index (χ2n) is 8.03. The van der Waals surface area contributed by atoms with Gasteiger partial charge in [-0.25, -0.2) is 0 Å². The molecule has 3 heterocycles. The molecule has 8 heteroatoms. The molecule has 8 nitrogen and oxygen atoms in total. The first-order valence-electron chi connectivity index (χ1n) is 11.6. The number of H-pyrrole nitrogens is 1. The van der Waals surface area contributed by atoms with Crippen molar-refractivity contribution in [3.63, 3.8) is 0 Å². The van der Waals surface area contributed by atoms with Crippen molar-refractivity contribution in [1.82, 2.24) is 9.88 Å². The zero-order chi connectivity index (χ0) is 23.6. The third kappa shape index (κ3) is 6.68. The lowest BCUT2D eigenvalue weighted by Crippen LogP contribution is -2.35. The predicted octanol–water partition coefficient (Wildman–Crippen LogP) is 4.78. The van der Waals surface area contributed by atoms with Crippen molar-refractivity contribution in [3.05, 3.63) is 72.0 Å². The quantitative estimate of drug-likeness (QED) is 0.252. The highest BCUT2D eigenvalue weighted by molar-refractivity contribution is 5.99. The number of rotatable bonds is 9. The van der Waals surface area contributed by atoms with Crippen molar-refractivity contribution in [3.8, 4) is 0 Å². The minimum atomic E-state index is 0.267. The summed E-state index contributed by atoms with van der Waals surface area (Å²) in [4.78, 5) is 20.0. The molecule has 0 atom stereocenters. The first-order valence-corrected chi connectivity index (χ1v) is 11.6. The molecule has 0 spiro atoms. The molecule has 34 heavy (non-hydrogen) atoms. The Bertz CT molecular complexity index is 1140. The van der Waals surface area contributed by atoms with Gasteiger partial charge in [-0.3, -0.25) is 4.99 Å². The zero-order valence-corrected chi connectivity index (χ0v) is 19.6. The number of benzene rings is 1. The van der Waals surface area contributed by atoms with Crippen LogP contribution in [0.1, 0.15) is 31.7 Å². The van der Waals surface area contributed by atoms with Gasteiger partial charge in [0.25, 0.3) is 5.90 Å². The Hall–Kier alpha value is -3.65. The molecule has 1 saturated heterocycles. The Labute approximate surface area is 200 Å². The predicted molar refractivity (Wildman–Crippen MR) is 136 cm³/mol. The summed E-state index contributed by atoms with van der Waals surface area (Å²) in [5.41, 5.74) is 4.02.